The van der Waals surface area contributed by atoms with Crippen molar-refractivity contribution in [3.8, 4) is 0 Å². The molecule has 2 aromatic rings. The summed E-state index contributed by atoms with van der Waals surface area (Å²) >= 11 is 0. The summed E-state index contributed by atoms with van der Waals surface area (Å²) in [5.41, 5.74) is 0.820. The van der Waals surface area contributed by atoms with Gasteiger partial charge in [0.1, 0.15) is 5.92 Å². The number of methoxy groups -OCH3 is 1. The number of fused-ring (bicyclic) bond motifs is 2. The number of alkyl halides is 3. The highest BCUT2D eigenvalue weighted by Crippen LogP contribution is 2.53. The molecule has 0 spiro atoms. The van der Waals surface area contributed by atoms with Crippen molar-refractivity contribution < 1.29 is 60.9 Å². The normalized spacial score (nSPS) is 22.5. The van der Waals surface area contributed by atoms with E-state index in [4.69, 9.17) is 28.8 Å². The summed E-state index contributed by atoms with van der Waals surface area (Å²) in [7, 11) is -2.61. The summed E-state index contributed by atoms with van der Waals surface area (Å²) < 4.78 is 63.2. The largest absolute Gasteiger partial charge is 0.490 e. The topological polar surface area (TPSA) is 157 Å². The second kappa shape index (κ2) is 14.6. The van der Waals surface area contributed by atoms with Gasteiger partial charge >= 0.3 is 31.7 Å². The first-order chi connectivity index (χ1) is 20.3. The van der Waals surface area contributed by atoms with E-state index >= 15 is 0 Å². The molecule has 0 saturated carbocycles. The minimum atomic E-state index is -5.08. The molecule has 0 aliphatic carbocycles. The zero-order chi connectivity index (χ0) is 31.8. The Hall–Kier alpha value is -3.74. The second-order valence-corrected chi connectivity index (χ2v) is 11.8. The Kier molecular flexibility index (Phi) is 11.5. The van der Waals surface area contributed by atoms with Crippen LogP contribution in [-0.2, 0) is 44.1 Å². The van der Waals surface area contributed by atoms with Crippen LogP contribution < -0.4 is 5.30 Å². The molecule has 1 unspecified atom stereocenters. The molecule has 0 radical (unpaired) electrons. The summed E-state index contributed by atoms with van der Waals surface area (Å²) in [6, 6.07) is 17.1. The molecular formula is C28H31F3NO10P. The fourth-order valence-corrected chi connectivity index (χ4v) is 6.89. The fourth-order valence-electron chi connectivity index (χ4n) is 5.13. The highest BCUT2D eigenvalue weighted by Gasteiger charge is 2.54. The lowest BCUT2D eigenvalue weighted by molar-refractivity contribution is -0.192. The van der Waals surface area contributed by atoms with Crippen LogP contribution in [0.4, 0.5) is 13.2 Å². The number of benzene rings is 2. The smallest absolute Gasteiger partial charge is 0.481 e. The maximum absolute atomic E-state index is 14.2. The van der Waals surface area contributed by atoms with Gasteiger partial charge in [0.25, 0.3) is 0 Å². The number of carbonyl (C=O) groups is 4. The molecule has 2 N–H and O–H groups in total. The molecule has 15 heteroatoms. The van der Waals surface area contributed by atoms with Gasteiger partial charge in [-0.25, -0.2) is 4.79 Å². The number of carboxylic acid groups (broad SMARTS) is 2. The number of carboxylic acids is 2. The van der Waals surface area contributed by atoms with Crippen molar-refractivity contribution in [1.29, 1.82) is 0 Å². The van der Waals surface area contributed by atoms with Crippen LogP contribution in [0.25, 0.3) is 0 Å². The van der Waals surface area contributed by atoms with Crippen molar-refractivity contribution in [3.05, 3.63) is 66.2 Å². The van der Waals surface area contributed by atoms with E-state index < -0.39 is 49.7 Å². The summed E-state index contributed by atoms with van der Waals surface area (Å²) in [4.78, 5) is 47.3. The van der Waals surface area contributed by atoms with Gasteiger partial charge in [-0.1, -0.05) is 48.5 Å². The SMILES string of the molecule is COC(=O)[C@H]1[C@@H](OP(=O)(OCc2ccccc2)c2ccccc2)C[C@@H]2CC[C@H]1N2C(=O)CCC(=O)O.O=C(O)C(F)(F)F. The molecule has 2 heterocycles. The molecular weight excluding hydrogens is 598 g/mol. The van der Waals surface area contributed by atoms with Gasteiger partial charge in [-0.2, -0.15) is 13.2 Å². The van der Waals surface area contributed by atoms with Gasteiger partial charge < -0.3 is 28.9 Å². The minimum absolute atomic E-state index is 0.0509. The van der Waals surface area contributed by atoms with E-state index in [1.54, 1.807) is 35.2 Å². The third-order valence-corrected chi connectivity index (χ3v) is 8.96. The molecule has 11 nitrogen and oxygen atoms in total. The lowest BCUT2D eigenvalue weighted by Crippen LogP contribution is -2.56. The van der Waals surface area contributed by atoms with E-state index in [-0.39, 0.29) is 37.8 Å². The predicted molar refractivity (Wildman–Crippen MR) is 144 cm³/mol. The van der Waals surface area contributed by atoms with Crippen molar-refractivity contribution in [1.82, 2.24) is 4.90 Å². The summed E-state index contributed by atoms with van der Waals surface area (Å²) in [6.45, 7) is 0.0509. The molecule has 2 aliphatic heterocycles. The maximum Gasteiger partial charge on any atom is 0.490 e. The number of rotatable bonds is 10. The average molecular weight is 630 g/mol. The number of aliphatic carboxylic acids is 2. The van der Waals surface area contributed by atoms with Crippen LogP contribution in [0.1, 0.15) is 37.7 Å². The molecule has 5 atom stereocenters. The lowest BCUT2D eigenvalue weighted by atomic mass is 9.87. The second-order valence-electron chi connectivity index (χ2n) is 9.82. The highest BCUT2D eigenvalue weighted by atomic mass is 31.2. The molecule has 1 amide bonds. The quantitative estimate of drug-likeness (QED) is 0.289. The van der Waals surface area contributed by atoms with Gasteiger partial charge in [0, 0.05) is 18.5 Å². The molecule has 2 aliphatic rings. The third kappa shape index (κ3) is 8.88. The van der Waals surface area contributed by atoms with E-state index in [0.717, 1.165) is 5.56 Å². The van der Waals surface area contributed by atoms with Crippen LogP contribution in [0.2, 0.25) is 0 Å². The Morgan fingerprint density at radius 2 is 1.53 bits per heavy atom. The highest BCUT2D eigenvalue weighted by molar-refractivity contribution is 7.62. The van der Waals surface area contributed by atoms with Crippen molar-refractivity contribution in [2.75, 3.05) is 7.11 Å². The zero-order valence-electron chi connectivity index (χ0n) is 23.0. The van der Waals surface area contributed by atoms with Crippen LogP contribution in [0.15, 0.2) is 60.7 Å². The van der Waals surface area contributed by atoms with Crippen LogP contribution in [-0.4, -0.2) is 70.4 Å². The zero-order valence-corrected chi connectivity index (χ0v) is 23.9. The molecule has 43 heavy (non-hydrogen) atoms. The van der Waals surface area contributed by atoms with E-state index in [1.807, 2.05) is 30.3 Å². The number of hydrogen-bond acceptors (Lipinski definition) is 8. The van der Waals surface area contributed by atoms with Crippen molar-refractivity contribution in [2.24, 2.45) is 5.92 Å². The summed E-state index contributed by atoms with van der Waals surface area (Å²) in [5.74, 6) is -5.57. The van der Waals surface area contributed by atoms with E-state index in [0.29, 0.717) is 18.1 Å². The number of carbonyl (C=O) groups excluding carboxylic acids is 2. The van der Waals surface area contributed by atoms with Gasteiger partial charge in [-0.15, -0.1) is 0 Å². The van der Waals surface area contributed by atoms with Gasteiger partial charge in [-0.05, 0) is 37.0 Å². The minimum Gasteiger partial charge on any atom is -0.481 e. The van der Waals surface area contributed by atoms with Crippen LogP contribution >= 0.6 is 7.60 Å². The first kappa shape index (κ1) is 33.8. The Morgan fingerprint density at radius 3 is 2.07 bits per heavy atom. The first-order valence-electron chi connectivity index (χ1n) is 13.2. The Morgan fingerprint density at radius 1 is 0.953 bits per heavy atom. The summed E-state index contributed by atoms with van der Waals surface area (Å²) in [6.07, 6.45) is -4.87. The maximum atomic E-state index is 14.2. The number of amides is 1. The van der Waals surface area contributed by atoms with Gasteiger partial charge in [-0.3, -0.25) is 18.9 Å². The molecule has 0 aromatic heterocycles. The summed E-state index contributed by atoms with van der Waals surface area (Å²) in [5, 5.41) is 16.5. The number of ether oxygens (including phenoxy) is 1. The van der Waals surface area contributed by atoms with E-state index in [2.05, 4.69) is 0 Å². The molecule has 2 bridgehead atoms. The van der Waals surface area contributed by atoms with Crippen molar-refractivity contribution in [3.63, 3.8) is 0 Å². The fraction of sp³-hybridized carbons (Fsp3) is 0.429. The molecule has 4 rings (SSSR count). The monoisotopic (exact) mass is 629 g/mol. The lowest BCUT2D eigenvalue weighted by Gasteiger charge is -2.43. The Labute approximate surface area is 245 Å². The Bertz CT molecular complexity index is 1330. The number of piperidine rings is 1. The third-order valence-electron chi connectivity index (χ3n) is 7.01. The number of halogens is 3. The molecule has 2 fully saturated rings. The van der Waals surface area contributed by atoms with Crippen LogP contribution in [0, 0.1) is 5.92 Å². The standard InChI is InChI=1S/C26H30NO8P.C2HF3O2/c1-33-26(31)25-21-13-12-19(27(21)23(28)14-15-24(29)30)16-22(25)35-36(32,20-10-6-3-7-11-20)34-17-18-8-4-2-5-9-18;3-2(4,5)1(6)7/h2-11,19,21-22,25H,12-17H2,1H3,(H,29,30);(H,6,7)/t19-,21+,22-,25+,36?;/m0./s1. The van der Waals surface area contributed by atoms with Crippen LogP contribution in [0.3, 0.4) is 0 Å². The van der Waals surface area contributed by atoms with Crippen LogP contribution in [0.5, 0.6) is 0 Å². The molecule has 2 aromatic carbocycles. The van der Waals surface area contributed by atoms with Gasteiger partial charge in [0.05, 0.1) is 31.5 Å². The first-order valence-corrected chi connectivity index (χ1v) is 14.7. The molecule has 234 valence electrons. The average Bonchev–Trinajstić information content (AvgIpc) is 3.29. The number of esters is 1. The van der Waals surface area contributed by atoms with Crippen molar-refractivity contribution >= 4 is 36.7 Å². The Balaban J connectivity index is 0.000000646. The van der Waals surface area contributed by atoms with Crippen molar-refractivity contribution in [2.45, 2.75) is 63.1 Å². The van der Waals surface area contributed by atoms with E-state index in [9.17, 15) is 32.1 Å². The molecule has 2 saturated heterocycles. The number of hydrogen-bond donors (Lipinski definition) is 2. The predicted octanol–water partition coefficient (Wildman–Crippen LogP) is 4.16. The van der Waals surface area contributed by atoms with Gasteiger partial charge in [0.2, 0.25) is 5.91 Å². The van der Waals surface area contributed by atoms with E-state index in [1.165, 1.54) is 7.11 Å². The number of nitrogens with zero attached hydrogens (tertiary/aromatic N) is 1. The van der Waals surface area contributed by atoms with Gasteiger partial charge in [0.15, 0.2) is 0 Å².